The Morgan fingerprint density at radius 2 is 1.69 bits per heavy atom. The van der Waals surface area contributed by atoms with Crippen LogP contribution < -0.4 is 10.6 Å². The average molecular weight is 457 g/mol. The average Bonchev–Trinajstić information content (AvgIpc) is 2.95. The number of carbonyl (C=O) groups is 4. The molecule has 32 heavy (non-hydrogen) atoms. The summed E-state index contributed by atoms with van der Waals surface area (Å²) in [7, 11) is 1.45. The zero-order valence-electron chi connectivity index (χ0n) is 18.4. The molecule has 0 saturated carbocycles. The topological polar surface area (TPSA) is 98.8 Å². The van der Waals surface area contributed by atoms with E-state index >= 15 is 0 Å². The number of para-hydroxylation sites is 1. The Morgan fingerprint density at radius 1 is 1.09 bits per heavy atom. The van der Waals surface area contributed by atoms with Crippen molar-refractivity contribution < 1.29 is 19.2 Å². The van der Waals surface area contributed by atoms with E-state index in [9.17, 15) is 19.2 Å². The summed E-state index contributed by atoms with van der Waals surface area (Å²) in [5, 5.41) is 5.95. The van der Waals surface area contributed by atoms with Gasteiger partial charge >= 0.3 is 6.03 Å². The highest BCUT2D eigenvalue weighted by atomic mass is 35.5. The molecule has 8 nitrogen and oxygen atoms in total. The molecule has 168 valence electrons. The van der Waals surface area contributed by atoms with Gasteiger partial charge in [-0.25, -0.2) is 4.79 Å². The largest absolute Gasteiger partial charge is 0.335 e. The maximum atomic E-state index is 13.0. The Balaban J connectivity index is 1.64. The lowest BCUT2D eigenvalue weighted by Gasteiger charge is -2.23. The van der Waals surface area contributed by atoms with Crippen molar-refractivity contribution in [2.75, 3.05) is 25.5 Å². The number of imide groups is 1. The summed E-state index contributed by atoms with van der Waals surface area (Å²) in [6.45, 7) is 4.65. The number of amides is 5. The van der Waals surface area contributed by atoms with Crippen LogP contribution in [0.1, 0.15) is 23.6 Å². The number of likely N-dealkylation sites (N-methyl/N-ethyl adjacent to an activating group) is 1. The molecule has 0 spiro atoms. The minimum atomic E-state index is -1.31. The van der Waals surface area contributed by atoms with Crippen LogP contribution in [0.4, 0.5) is 10.5 Å². The summed E-state index contributed by atoms with van der Waals surface area (Å²) in [4.78, 5) is 52.6. The highest BCUT2D eigenvalue weighted by Crippen LogP contribution is 2.29. The first kappa shape index (κ1) is 23.3. The fourth-order valence-electron chi connectivity index (χ4n) is 3.57. The number of nitrogens with zero attached hydrogens (tertiary/aromatic N) is 2. The van der Waals surface area contributed by atoms with Gasteiger partial charge < -0.3 is 15.5 Å². The maximum Gasteiger partial charge on any atom is 0.325 e. The zero-order valence-corrected chi connectivity index (χ0v) is 19.1. The molecular formula is C23H25ClN4O4. The van der Waals surface area contributed by atoms with E-state index in [2.05, 4.69) is 10.6 Å². The normalized spacial score (nSPS) is 17.8. The van der Waals surface area contributed by atoms with Crippen LogP contribution in [-0.2, 0) is 19.9 Å². The molecule has 0 aliphatic carbocycles. The summed E-state index contributed by atoms with van der Waals surface area (Å²) < 4.78 is 0. The van der Waals surface area contributed by atoms with Gasteiger partial charge in [0.25, 0.3) is 5.91 Å². The van der Waals surface area contributed by atoms with Gasteiger partial charge in [-0.2, -0.15) is 0 Å². The number of urea groups is 1. The second kappa shape index (κ2) is 9.00. The van der Waals surface area contributed by atoms with Crippen LogP contribution in [-0.4, -0.2) is 53.7 Å². The molecule has 1 heterocycles. The summed E-state index contributed by atoms with van der Waals surface area (Å²) in [6, 6.07) is 11.5. The third kappa shape index (κ3) is 4.60. The van der Waals surface area contributed by atoms with Crippen molar-refractivity contribution >= 4 is 41.0 Å². The number of anilines is 1. The maximum absolute atomic E-state index is 13.0. The summed E-state index contributed by atoms with van der Waals surface area (Å²) in [6.07, 6.45) is 0. The van der Waals surface area contributed by atoms with E-state index in [1.54, 1.807) is 31.2 Å². The minimum absolute atomic E-state index is 0.218. The van der Waals surface area contributed by atoms with Crippen molar-refractivity contribution in [2.24, 2.45) is 0 Å². The van der Waals surface area contributed by atoms with Gasteiger partial charge in [0.2, 0.25) is 11.8 Å². The van der Waals surface area contributed by atoms with E-state index < -0.39 is 29.9 Å². The van der Waals surface area contributed by atoms with E-state index in [1.807, 2.05) is 32.0 Å². The molecule has 1 unspecified atom stereocenters. The van der Waals surface area contributed by atoms with Crippen molar-refractivity contribution in [2.45, 2.75) is 26.3 Å². The predicted octanol–water partition coefficient (Wildman–Crippen LogP) is 2.82. The first-order chi connectivity index (χ1) is 15.0. The van der Waals surface area contributed by atoms with Gasteiger partial charge in [-0.15, -0.1) is 0 Å². The number of carbonyl (C=O) groups excluding carboxylic acids is 4. The van der Waals surface area contributed by atoms with Crippen molar-refractivity contribution in [3.63, 3.8) is 0 Å². The fourth-order valence-corrected chi connectivity index (χ4v) is 3.70. The van der Waals surface area contributed by atoms with Crippen molar-refractivity contribution in [3.05, 3.63) is 64.2 Å². The highest BCUT2D eigenvalue weighted by Gasteiger charge is 2.49. The lowest BCUT2D eigenvalue weighted by atomic mass is 9.92. The van der Waals surface area contributed by atoms with E-state index in [0.717, 1.165) is 16.0 Å². The molecule has 1 fully saturated rings. The molecular weight excluding hydrogens is 432 g/mol. The Kier molecular flexibility index (Phi) is 6.55. The van der Waals surface area contributed by atoms with Crippen LogP contribution in [0, 0.1) is 13.8 Å². The van der Waals surface area contributed by atoms with Crippen LogP contribution >= 0.6 is 11.6 Å². The molecule has 0 bridgehead atoms. The lowest BCUT2D eigenvalue weighted by Crippen LogP contribution is -2.45. The fraction of sp³-hybridized carbons (Fsp3) is 0.304. The number of benzene rings is 2. The number of nitrogens with one attached hydrogen (secondary N) is 2. The molecule has 0 aromatic heterocycles. The third-order valence-corrected chi connectivity index (χ3v) is 5.79. The Bertz CT molecular complexity index is 1070. The summed E-state index contributed by atoms with van der Waals surface area (Å²) in [5.74, 6) is -1.46. The number of hydrogen-bond donors (Lipinski definition) is 2. The second-order valence-electron chi connectivity index (χ2n) is 8.02. The molecule has 1 aliphatic heterocycles. The van der Waals surface area contributed by atoms with Gasteiger partial charge in [0.15, 0.2) is 0 Å². The minimum Gasteiger partial charge on any atom is -0.335 e. The molecule has 0 radical (unpaired) electrons. The first-order valence-corrected chi connectivity index (χ1v) is 10.4. The van der Waals surface area contributed by atoms with Crippen molar-refractivity contribution in [1.29, 1.82) is 0 Å². The molecule has 1 saturated heterocycles. The number of hydrogen-bond acceptors (Lipinski definition) is 4. The van der Waals surface area contributed by atoms with Crippen LogP contribution in [0.5, 0.6) is 0 Å². The lowest BCUT2D eigenvalue weighted by molar-refractivity contribution is -0.139. The quantitative estimate of drug-likeness (QED) is 0.653. The molecule has 1 aliphatic rings. The van der Waals surface area contributed by atoms with E-state index in [1.165, 1.54) is 11.9 Å². The zero-order chi connectivity index (χ0) is 23.6. The molecule has 3 rings (SSSR count). The van der Waals surface area contributed by atoms with E-state index in [0.29, 0.717) is 16.3 Å². The highest BCUT2D eigenvalue weighted by molar-refractivity contribution is 6.30. The van der Waals surface area contributed by atoms with Crippen LogP contribution in [0.25, 0.3) is 0 Å². The Morgan fingerprint density at radius 3 is 2.28 bits per heavy atom. The van der Waals surface area contributed by atoms with Gasteiger partial charge in [0.05, 0.1) is 6.54 Å². The van der Waals surface area contributed by atoms with Gasteiger partial charge in [-0.3, -0.25) is 19.3 Å². The van der Waals surface area contributed by atoms with E-state index in [-0.39, 0.29) is 12.5 Å². The molecule has 5 amide bonds. The van der Waals surface area contributed by atoms with Crippen molar-refractivity contribution in [3.8, 4) is 0 Å². The Labute approximate surface area is 191 Å². The van der Waals surface area contributed by atoms with Crippen LogP contribution in [0.15, 0.2) is 42.5 Å². The molecule has 2 aromatic carbocycles. The van der Waals surface area contributed by atoms with E-state index in [4.69, 9.17) is 11.6 Å². The third-order valence-electron chi connectivity index (χ3n) is 5.54. The monoisotopic (exact) mass is 456 g/mol. The van der Waals surface area contributed by atoms with Gasteiger partial charge in [0.1, 0.15) is 12.1 Å². The van der Waals surface area contributed by atoms with Gasteiger partial charge in [-0.05, 0) is 49.6 Å². The molecule has 1 atom stereocenters. The molecule has 2 aromatic rings. The summed E-state index contributed by atoms with van der Waals surface area (Å²) >= 11 is 5.91. The SMILES string of the molecule is Cc1cccc(C)c1NC(=O)CN(C)C(=O)CN1C(=O)NC(C)(c2ccc(Cl)cc2)C1=O. The van der Waals surface area contributed by atoms with Crippen LogP contribution in [0.2, 0.25) is 5.02 Å². The molecule has 9 heteroatoms. The standard InChI is InChI=1S/C23H25ClN4O4/c1-14-6-5-7-15(2)20(14)25-18(29)12-27(4)19(30)13-28-21(31)23(3,26-22(28)32)16-8-10-17(24)11-9-16/h5-11H,12-13H2,1-4H3,(H,25,29)(H,26,32). The number of rotatable bonds is 6. The molecule has 2 N–H and O–H groups in total. The van der Waals surface area contributed by atoms with Gasteiger partial charge in [-0.1, -0.05) is 41.9 Å². The van der Waals surface area contributed by atoms with Crippen LogP contribution in [0.3, 0.4) is 0 Å². The number of halogens is 1. The number of aryl methyl sites for hydroxylation is 2. The predicted molar refractivity (Wildman–Crippen MR) is 121 cm³/mol. The smallest absolute Gasteiger partial charge is 0.325 e. The van der Waals surface area contributed by atoms with Gasteiger partial charge in [0, 0.05) is 17.8 Å². The first-order valence-electron chi connectivity index (χ1n) is 10.0. The second-order valence-corrected chi connectivity index (χ2v) is 8.45. The summed E-state index contributed by atoms with van der Waals surface area (Å²) in [5.41, 5.74) is 1.77. The Hall–Kier alpha value is -3.39. The van der Waals surface area contributed by atoms with Crippen molar-refractivity contribution in [1.82, 2.24) is 15.1 Å².